The highest BCUT2D eigenvalue weighted by atomic mass is 16.2. The van der Waals surface area contributed by atoms with E-state index in [1.165, 1.54) is 0 Å². The average molecular weight is 346 g/mol. The number of anilines is 1. The maximum atomic E-state index is 12.7. The summed E-state index contributed by atoms with van der Waals surface area (Å²) in [6, 6.07) is 17.5. The lowest BCUT2D eigenvalue weighted by atomic mass is 10.2. The number of nitrogens with one attached hydrogen (secondary N) is 1. The topological polar surface area (TPSA) is 58.1 Å². The van der Waals surface area contributed by atoms with Crippen LogP contribution in [0.2, 0.25) is 0 Å². The standard InChI is InChI=1S/C21H22N4O/c1-2-25(16-17-7-4-3-5-8-17)21(26)19-10-11-20(24-15-19)23-14-18-9-6-12-22-13-18/h3-13,15H,2,14,16H2,1H3,(H,23,24). The SMILES string of the molecule is CCN(Cc1ccccc1)C(=O)c1ccc(NCc2cccnc2)nc1. The van der Waals surface area contributed by atoms with Crippen LogP contribution in [0.4, 0.5) is 5.82 Å². The molecule has 1 aromatic carbocycles. The lowest BCUT2D eigenvalue weighted by Gasteiger charge is -2.21. The molecule has 5 heteroatoms. The van der Waals surface area contributed by atoms with Gasteiger partial charge >= 0.3 is 0 Å². The zero-order valence-electron chi connectivity index (χ0n) is 14.8. The van der Waals surface area contributed by atoms with Crippen LogP contribution in [0.5, 0.6) is 0 Å². The molecular formula is C21H22N4O. The van der Waals surface area contributed by atoms with Crippen molar-refractivity contribution in [2.45, 2.75) is 20.0 Å². The summed E-state index contributed by atoms with van der Waals surface area (Å²) in [6.07, 6.45) is 5.19. The largest absolute Gasteiger partial charge is 0.366 e. The van der Waals surface area contributed by atoms with Crippen LogP contribution in [-0.2, 0) is 13.1 Å². The minimum absolute atomic E-state index is 0.0114. The number of hydrogen-bond donors (Lipinski definition) is 1. The van der Waals surface area contributed by atoms with E-state index in [4.69, 9.17) is 0 Å². The van der Waals surface area contributed by atoms with Gasteiger partial charge in [-0.15, -0.1) is 0 Å². The highest BCUT2D eigenvalue weighted by Gasteiger charge is 2.15. The van der Waals surface area contributed by atoms with Gasteiger partial charge in [0.05, 0.1) is 5.56 Å². The van der Waals surface area contributed by atoms with Gasteiger partial charge in [0.1, 0.15) is 5.82 Å². The summed E-state index contributed by atoms with van der Waals surface area (Å²) < 4.78 is 0. The first-order chi connectivity index (χ1) is 12.8. The molecule has 0 atom stereocenters. The first-order valence-corrected chi connectivity index (χ1v) is 8.68. The lowest BCUT2D eigenvalue weighted by molar-refractivity contribution is 0.0752. The van der Waals surface area contributed by atoms with E-state index in [1.807, 2.05) is 72.6 Å². The summed E-state index contributed by atoms with van der Waals surface area (Å²) in [5.41, 5.74) is 2.79. The van der Waals surface area contributed by atoms with Gasteiger partial charge in [0.25, 0.3) is 5.91 Å². The first kappa shape index (κ1) is 17.6. The summed E-state index contributed by atoms with van der Waals surface area (Å²) in [7, 11) is 0. The molecule has 2 aromatic heterocycles. The van der Waals surface area contributed by atoms with Crippen LogP contribution in [0.15, 0.2) is 73.2 Å². The minimum atomic E-state index is -0.0114. The Morgan fingerprint density at radius 1 is 1.00 bits per heavy atom. The second kappa shape index (κ2) is 8.76. The molecule has 0 bridgehead atoms. The highest BCUT2D eigenvalue weighted by Crippen LogP contribution is 2.12. The molecule has 0 aliphatic rings. The van der Waals surface area contributed by atoms with Crippen molar-refractivity contribution in [2.75, 3.05) is 11.9 Å². The van der Waals surface area contributed by atoms with Crippen molar-refractivity contribution in [3.05, 3.63) is 89.9 Å². The van der Waals surface area contributed by atoms with Crippen molar-refractivity contribution in [3.63, 3.8) is 0 Å². The van der Waals surface area contributed by atoms with E-state index in [1.54, 1.807) is 12.4 Å². The van der Waals surface area contributed by atoms with E-state index in [-0.39, 0.29) is 5.91 Å². The van der Waals surface area contributed by atoms with Crippen LogP contribution in [-0.4, -0.2) is 27.3 Å². The lowest BCUT2D eigenvalue weighted by Crippen LogP contribution is -2.30. The van der Waals surface area contributed by atoms with E-state index in [2.05, 4.69) is 15.3 Å². The maximum Gasteiger partial charge on any atom is 0.255 e. The number of aromatic nitrogens is 2. The number of carbonyl (C=O) groups excluding carboxylic acids is 1. The molecule has 3 aromatic rings. The molecule has 26 heavy (non-hydrogen) atoms. The molecule has 3 rings (SSSR count). The van der Waals surface area contributed by atoms with E-state index >= 15 is 0 Å². The molecule has 1 amide bonds. The normalized spacial score (nSPS) is 10.3. The van der Waals surface area contributed by atoms with Gasteiger partial charge in [0, 0.05) is 38.2 Å². The molecule has 132 valence electrons. The molecule has 5 nitrogen and oxygen atoms in total. The van der Waals surface area contributed by atoms with Gasteiger partial charge in [-0.05, 0) is 36.2 Å². The van der Waals surface area contributed by atoms with Crippen LogP contribution in [0.25, 0.3) is 0 Å². The number of nitrogens with zero attached hydrogens (tertiary/aromatic N) is 3. The molecule has 0 radical (unpaired) electrons. The molecule has 0 spiro atoms. The van der Waals surface area contributed by atoms with Crippen molar-refractivity contribution in [3.8, 4) is 0 Å². The molecule has 0 saturated heterocycles. The van der Waals surface area contributed by atoms with Crippen molar-refractivity contribution >= 4 is 11.7 Å². The Balaban J connectivity index is 1.62. The number of hydrogen-bond acceptors (Lipinski definition) is 4. The van der Waals surface area contributed by atoms with Gasteiger partial charge in [-0.1, -0.05) is 36.4 Å². The fourth-order valence-electron chi connectivity index (χ4n) is 2.63. The predicted octanol–water partition coefficient (Wildman–Crippen LogP) is 3.75. The Morgan fingerprint density at radius 2 is 1.81 bits per heavy atom. The van der Waals surface area contributed by atoms with Crippen LogP contribution in [0.3, 0.4) is 0 Å². The summed E-state index contributed by atoms with van der Waals surface area (Å²) in [4.78, 5) is 23.0. The zero-order valence-corrected chi connectivity index (χ0v) is 14.8. The van der Waals surface area contributed by atoms with E-state index in [0.29, 0.717) is 25.2 Å². The number of amides is 1. The van der Waals surface area contributed by atoms with Gasteiger partial charge in [0.2, 0.25) is 0 Å². The third kappa shape index (κ3) is 4.66. The van der Waals surface area contributed by atoms with E-state index < -0.39 is 0 Å². The van der Waals surface area contributed by atoms with Crippen LogP contribution < -0.4 is 5.32 Å². The molecular weight excluding hydrogens is 324 g/mol. The zero-order chi connectivity index (χ0) is 18.2. The van der Waals surface area contributed by atoms with Crippen LogP contribution >= 0.6 is 0 Å². The molecule has 0 saturated carbocycles. The smallest absolute Gasteiger partial charge is 0.255 e. The summed E-state index contributed by atoms with van der Waals surface area (Å²) in [5.74, 6) is 0.721. The van der Waals surface area contributed by atoms with Gasteiger partial charge < -0.3 is 10.2 Å². The Kier molecular flexibility index (Phi) is 5.93. The predicted molar refractivity (Wildman–Crippen MR) is 103 cm³/mol. The highest BCUT2D eigenvalue weighted by molar-refractivity contribution is 5.94. The summed E-state index contributed by atoms with van der Waals surface area (Å²) >= 11 is 0. The minimum Gasteiger partial charge on any atom is -0.366 e. The third-order valence-corrected chi connectivity index (χ3v) is 4.09. The van der Waals surface area contributed by atoms with Crippen LogP contribution in [0.1, 0.15) is 28.4 Å². The number of carbonyl (C=O) groups is 1. The number of pyridine rings is 2. The summed E-state index contributed by atoms with van der Waals surface area (Å²) in [6.45, 7) is 3.87. The molecule has 0 fully saturated rings. The van der Waals surface area contributed by atoms with E-state index in [0.717, 1.165) is 16.9 Å². The second-order valence-corrected chi connectivity index (χ2v) is 5.95. The Bertz CT molecular complexity index is 820. The van der Waals surface area contributed by atoms with Crippen molar-refractivity contribution in [1.29, 1.82) is 0 Å². The quantitative estimate of drug-likeness (QED) is 0.708. The second-order valence-electron chi connectivity index (χ2n) is 5.95. The Labute approximate surface area is 153 Å². The average Bonchev–Trinajstić information content (AvgIpc) is 2.72. The van der Waals surface area contributed by atoms with Crippen molar-refractivity contribution in [1.82, 2.24) is 14.9 Å². The molecule has 0 aliphatic carbocycles. The Morgan fingerprint density at radius 3 is 2.46 bits per heavy atom. The molecule has 2 heterocycles. The fraction of sp³-hybridized carbons (Fsp3) is 0.190. The third-order valence-electron chi connectivity index (χ3n) is 4.09. The molecule has 1 N–H and O–H groups in total. The van der Waals surface area contributed by atoms with Crippen molar-refractivity contribution in [2.24, 2.45) is 0 Å². The summed E-state index contributed by atoms with van der Waals surface area (Å²) in [5, 5.41) is 3.23. The fourth-order valence-corrected chi connectivity index (χ4v) is 2.63. The van der Waals surface area contributed by atoms with Gasteiger partial charge in [-0.25, -0.2) is 4.98 Å². The maximum absolute atomic E-state index is 12.7. The molecule has 0 unspecified atom stereocenters. The van der Waals surface area contributed by atoms with Crippen molar-refractivity contribution < 1.29 is 4.79 Å². The van der Waals surface area contributed by atoms with Crippen LogP contribution in [0, 0.1) is 0 Å². The Hall–Kier alpha value is -3.21. The van der Waals surface area contributed by atoms with E-state index in [9.17, 15) is 4.79 Å². The number of rotatable bonds is 7. The van der Waals surface area contributed by atoms with Gasteiger partial charge in [-0.2, -0.15) is 0 Å². The monoisotopic (exact) mass is 346 g/mol. The first-order valence-electron chi connectivity index (χ1n) is 8.68. The van der Waals surface area contributed by atoms with Gasteiger partial charge in [-0.3, -0.25) is 9.78 Å². The molecule has 0 aliphatic heterocycles. The number of benzene rings is 1. The van der Waals surface area contributed by atoms with Gasteiger partial charge in [0.15, 0.2) is 0 Å².